The van der Waals surface area contributed by atoms with Gasteiger partial charge in [-0.15, -0.1) is 0 Å². The van der Waals surface area contributed by atoms with Crippen LogP contribution in [-0.2, 0) is 9.47 Å². The predicted octanol–water partition coefficient (Wildman–Crippen LogP) is 4.57. The predicted molar refractivity (Wildman–Crippen MR) is 109 cm³/mol. The molecular formula is C22H21ClN2O3. The SMILES string of the molecule is Cc1ccc(-c2ccc(-c3cc(OCC4COCCO4)cc(Cl)n3)cc2)cn1. The fourth-order valence-corrected chi connectivity index (χ4v) is 3.20. The van der Waals surface area contributed by atoms with Crippen LogP contribution in [0.5, 0.6) is 5.75 Å². The van der Waals surface area contributed by atoms with Crippen LogP contribution in [-0.4, -0.2) is 42.5 Å². The summed E-state index contributed by atoms with van der Waals surface area (Å²) >= 11 is 6.21. The second-order valence-electron chi connectivity index (χ2n) is 6.66. The number of nitrogens with zero attached hydrogens (tertiary/aromatic N) is 2. The van der Waals surface area contributed by atoms with E-state index in [0.29, 0.717) is 37.3 Å². The van der Waals surface area contributed by atoms with Crippen molar-refractivity contribution in [3.8, 4) is 28.1 Å². The average Bonchev–Trinajstić information content (AvgIpc) is 2.73. The minimum atomic E-state index is -0.0634. The molecule has 3 heterocycles. The average molecular weight is 397 g/mol. The molecular weight excluding hydrogens is 376 g/mol. The normalized spacial score (nSPS) is 16.7. The first kappa shape index (κ1) is 18.9. The van der Waals surface area contributed by atoms with Crippen molar-refractivity contribution in [2.45, 2.75) is 13.0 Å². The summed E-state index contributed by atoms with van der Waals surface area (Å²) in [5.74, 6) is 0.663. The number of hydrogen-bond acceptors (Lipinski definition) is 5. The van der Waals surface area contributed by atoms with Crippen LogP contribution in [0.1, 0.15) is 5.69 Å². The van der Waals surface area contributed by atoms with Crippen LogP contribution in [0.15, 0.2) is 54.7 Å². The molecule has 1 saturated heterocycles. The van der Waals surface area contributed by atoms with Crippen LogP contribution in [0.2, 0.25) is 5.15 Å². The van der Waals surface area contributed by atoms with Crippen molar-refractivity contribution >= 4 is 11.6 Å². The molecule has 0 aliphatic carbocycles. The van der Waals surface area contributed by atoms with E-state index >= 15 is 0 Å². The van der Waals surface area contributed by atoms with E-state index in [2.05, 4.69) is 28.2 Å². The van der Waals surface area contributed by atoms with Crippen LogP contribution >= 0.6 is 11.6 Å². The van der Waals surface area contributed by atoms with Crippen molar-refractivity contribution in [3.63, 3.8) is 0 Å². The highest BCUT2D eigenvalue weighted by molar-refractivity contribution is 6.29. The number of aryl methyl sites for hydroxylation is 1. The van der Waals surface area contributed by atoms with Gasteiger partial charge in [-0.2, -0.15) is 0 Å². The number of rotatable bonds is 5. The zero-order chi connectivity index (χ0) is 19.3. The van der Waals surface area contributed by atoms with Gasteiger partial charge >= 0.3 is 0 Å². The Morgan fingerprint density at radius 2 is 1.82 bits per heavy atom. The van der Waals surface area contributed by atoms with Crippen LogP contribution in [0, 0.1) is 6.92 Å². The maximum absolute atomic E-state index is 6.21. The summed E-state index contributed by atoms with van der Waals surface area (Å²) in [5.41, 5.74) is 4.91. The minimum Gasteiger partial charge on any atom is -0.491 e. The molecule has 1 fully saturated rings. The van der Waals surface area contributed by atoms with Gasteiger partial charge in [-0.25, -0.2) is 4.98 Å². The third-order valence-electron chi connectivity index (χ3n) is 4.51. The lowest BCUT2D eigenvalue weighted by Gasteiger charge is -2.23. The molecule has 1 aromatic carbocycles. The number of halogens is 1. The third-order valence-corrected chi connectivity index (χ3v) is 4.71. The Kier molecular flexibility index (Phi) is 5.86. The lowest BCUT2D eigenvalue weighted by Crippen LogP contribution is -2.33. The highest BCUT2D eigenvalue weighted by Crippen LogP contribution is 2.28. The van der Waals surface area contributed by atoms with Gasteiger partial charge in [-0.1, -0.05) is 41.9 Å². The Morgan fingerprint density at radius 3 is 2.54 bits per heavy atom. The molecule has 6 heteroatoms. The summed E-state index contributed by atoms with van der Waals surface area (Å²) < 4.78 is 16.9. The van der Waals surface area contributed by atoms with E-state index in [4.69, 9.17) is 25.8 Å². The van der Waals surface area contributed by atoms with E-state index in [9.17, 15) is 0 Å². The van der Waals surface area contributed by atoms with E-state index < -0.39 is 0 Å². The smallest absolute Gasteiger partial charge is 0.133 e. The van der Waals surface area contributed by atoms with Crippen LogP contribution in [0.3, 0.4) is 0 Å². The summed E-state index contributed by atoms with van der Waals surface area (Å²) in [6.45, 7) is 4.17. The summed E-state index contributed by atoms with van der Waals surface area (Å²) in [5, 5.41) is 0.389. The molecule has 1 atom stereocenters. The zero-order valence-electron chi connectivity index (χ0n) is 15.6. The topological polar surface area (TPSA) is 53.5 Å². The van der Waals surface area contributed by atoms with Crippen molar-refractivity contribution in [3.05, 3.63) is 65.6 Å². The second-order valence-corrected chi connectivity index (χ2v) is 7.04. The number of hydrogen-bond donors (Lipinski definition) is 0. The van der Waals surface area contributed by atoms with Crippen molar-refractivity contribution in [2.24, 2.45) is 0 Å². The van der Waals surface area contributed by atoms with Crippen molar-refractivity contribution in [2.75, 3.05) is 26.4 Å². The first-order valence-electron chi connectivity index (χ1n) is 9.20. The Bertz CT molecular complexity index is 924. The fraction of sp³-hybridized carbons (Fsp3) is 0.273. The standard InChI is InChI=1S/C22H21ClN2O3/c1-15-2-3-18(12-24-15)16-4-6-17(7-5-16)21-10-19(11-22(23)25-21)28-14-20-13-26-8-9-27-20/h2-7,10-12,20H,8-9,13-14H2,1H3. The Morgan fingerprint density at radius 1 is 1.04 bits per heavy atom. The Hall–Kier alpha value is -2.47. The lowest BCUT2D eigenvalue weighted by molar-refractivity contribution is -0.101. The highest BCUT2D eigenvalue weighted by atomic mass is 35.5. The minimum absolute atomic E-state index is 0.0634. The molecule has 2 aromatic heterocycles. The second kappa shape index (κ2) is 8.69. The molecule has 0 N–H and O–H groups in total. The molecule has 0 bridgehead atoms. The third kappa shape index (κ3) is 4.68. The summed E-state index contributed by atoms with van der Waals surface area (Å²) in [7, 11) is 0. The van der Waals surface area contributed by atoms with E-state index in [-0.39, 0.29) is 6.10 Å². The van der Waals surface area contributed by atoms with Crippen LogP contribution in [0.4, 0.5) is 0 Å². The van der Waals surface area contributed by atoms with Gasteiger partial charge in [0.2, 0.25) is 0 Å². The number of benzene rings is 1. The molecule has 0 saturated carbocycles. The fourth-order valence-electron chi connectivity index (χ4n) is 3.00. The van der Waals surface area contributed by atoms with Crippen LogP contribution < -0.4 is 4.74 Å². The molecule has 5 nitrogen and oxygen atoms in total. The monoisotopic (exact) mass is 396 g/mol. The highest BCUT2D eigenvalue weighted by Gasteiger charge is 2.15. The molecule has 3 aromatic rings. The van der Waals surface area contributed by atoms with E-state index in [1.54, 1.807) is 6.07 Å². The van der Waals surface area contributed by atoms with Gasteiger partial charge in [0.15, 0.2) is 0 Å². The summed E-state index contributed by atoms with van der Waals surface area (Å²) in [6.07, 6.45) is 1.82. The molecule has 4 rings (SSSR count). The largest absolute Gasteiger partial charge is 0.491 e. The van der Waals surface area contributed by atoms with Gasteiger partial charge in [0.05, 0.1) is 25.5 Å². The number of ether oxygens (including phenoxy) is 3. The lowest BCUT2D eigenvalue weighted by atomic mass is 10.0. The molecule has 0 amide bonds. The van der Waals surface area contributed by atoms with Gasteiger partial charge in [0, 0.05) is 35.2 Å². The molecule has 28 heavy (non-hydrogen) atoms. The quantitative estimate of drug-likeness (QED) is 0.591. The molecule has 1 unspecified atom stereocenters. The molecule has 0 radical (unpaired) electrons. The van der Waals surface area contributed by atoms with Gasteiger partial charge in [0.1, 0.15) is 23.6 Å². The van der Waals surface area contributed by atoms with Gasteiger partial charge in [0.25, 0.3) is 0 Å². The van der Waals surface area contributed by atoms with E-state index in [0.717, 1.165) is 28.1 Å². The summed E-state index contributed by atoms with van der Waals surface area (Å²) in [6, 6.07) is 15.8. The van der Waals surface area contributed by atoms with Crippen LogP contribution in [0.25, 0.3) is 22.4 Å². The molecule has 0 spiro atoms. The maximum Gasteiger partial charge on any atom is 0.133 e. The van der Waals surface area contributed by atoms with Gasteiger partial charge in [-0.05, 0) is 18.6 Å². The van der Waals surface area contributed by atoms with Crippen molar-refractivity contribution < 1.29 is 14.2 Å². The zero-order valence-corrected chi connectivity index (χ0v) is 16.4. The summed E-state index contributed by atoms with van der Waals surface area (Å²) in [4.78, 5) is 8.78. The number of aromatic nitrogens is 2. The molecule has 1 aliphatic heterocycles. The van der Waals surface area contributed by atoms with E-state index in [1.807, 2.05) is 37.4 Å². The molecule has 144 valence electrons. The van der Waals surface area contributed by atoms with Crippen molar-refractivity contribution in [1.82, 2.24) is 9.97 Å². The van der Waals surface area contributed by atoms with E-state index in [1.165, 1.54) is 0 Å². The molecule has 1 aliphatic rings. The first-order valence-corrected chi connectivity index (χ1v) is 9.58. The van der Waals surface area contributed by atoms with Crippen molar-refractivity contribution in [1.29, 1.82) is 0 Å². The maximum atomic E-state index is 6.21. The Labute approximate surface area is 169 Å². The Balaban J connectivity index is 1.50. The first-order chi connectivity index (χ1) is 13.7. The van der Waals surface area contributed by atoms with Gasteiger partial charge < -0.3 is 14.2 Å². The number of pyridine rings is 2. The van der Waals surface area contributed by atoms with Gasteiger partial charge in [-0.3, -0.25) is 4.98 Å².